The summed E-state index contributed by atoms with van der Waals surface area (Å²) in [6, 6.07) is 5.95. The smallest absolute Gasteiger partial charge is 0.314 e. The number of nitrogens with zero attached hydrogens (tertiary/aromatic N) is 4. The van der Waals surface area contributed by atoms with Crippen molar-refractivity contribution >= 4 is 28.3 Å². The molecule has 2 aromatic rings. The van der Waals surface area contributed by atoms with Gasteiger partial charge in [0.2, 0.25) is 0 Å². The van der Waals surface area contributed by atoms with Crippen LogP contribution in [0.2, 0.25) is 0 Å². The molecule has 2 aromatic heterocycles. The molecule has 2 heterocycles. The molecule has 0 aliphatic heterocycles. The molecule has 3 N–H and O–H groups in total. The van der Waals surface area contributed by atoms with Crippen molar-refractivity contribution in [2.45, 2.75) is 25.9 Å². The third-order valence-corrected chi connectivity index (χ3v) is 4.49. The molecule has 9 heteroatoms. The van der Waals surface area contributed by atoms with Gasteiger partial charge in [0.25, 0.3) is 0 Å². The summed E-state index contributed by atoms with van der Waals surface area (Å²) in [7, 11) is 3.65. The Labute approximate surface area is 157 Å². The van der Waals surface area contributed by atoms with Crippen LogP contribution in [-0.2, 0) is 6.54 Å². The number of carbonyl (C=O) groups excluding carboxylic acids is 1. The third kappa shape index (κ3) is 6.31. The highest BCUT2D eigenvalue weighted by Gasteiger charge is 2.08. The average molecular weight is 373 g/mol. The summed E-state index contributed by atoms with van der Waals surface area (Å²) in [6.45, 7) is 3.61. The molecular formula is C17H23N7OS. The fourth-order valence-corrected chi connectivity index (χ4v) is 2.93. The number of pyridine rings is 1. The van der Waals surface area contributed by atoms with Crippen LogP contribution in [0.25, 0.3) is 0 Å². The number of amides is 2. The summed E-state index contributed by atoms with van der Waals surface area (Å²) in [5.74, 6) is 0.699. The maximum absolute atomic E-state index is 11.3. The zero-order chi connectivity index (χ0) is 18.9. The first-order valence-corrected chi connectivity index (χ1v) is 9.06. The molecule has 0 bridgehead atoms. The molecule has 0 aromatic carbocycles. The van der Waals surface area contributed by atoms with Crippen molar-refractivity contribution in [1.82, 2.24) is 25.5 Å². The van der Waals surface area contributed by atoms with Crippen LogP contribution >= 0.6 is 11.3 Å². The van der Waals surface area contributed by atoms with Gasteiger partial charge in [-0.05, 0) is 38.1 Å². The van der Waals surface area contributed by atoms with Crippen LogP contribution in [0.3, 0.4) is 0 Å². The fraction of sp³-hybridized carbons (Fsp3) is 0.412. The molecular weight excluding hydrogens is 350 g/mol. The van der Waals surface area contributed by atoms with Crippen molar-refractivity contribution in [3.05, 3.63) is 35.0 Å². The minimum atomic E-state index is -0.160. The van der Waals surface area contributed by atoms with Crippen molar-refractivity contribution in [1.29, 1.82) is 5.26 Å². The minimum Gasteiger partial charge on any atom is -0.341 e. The van der Waals surface area contributed by atoms with E-state index in [0.717, 1.165) is 25.1 Å². The zero-order valence-electron chi connectivity index (χ0n) is 15.1. The number of hydrogen-bond donors (Lipinski definition) is 3. The van der Waals surface area contributed by atoms with Crippen LogP contribution in [-0.4, -0.2) is 47.6 Å². The first-order chi connectivity index (χ1) is 12.5. The van der Waals surface area contributed by atoms with Crippen molar-refractivity contribution in [3.63, 3.8) is 0 Å². The number of thiazole rings is 1. The number of urea groups is 1. The molecule has 0 fully saturated rings. The third-order valence-electron chi connectivity index (χ3n) is 3.68. The molecule has 0 radical (unpaired) electrons. The second-order valence-electron chi connectivity index (χ2n) is 5.97. The number of carbonyl (C=O) groups is 1. The van der Waals surface area contributed by atoms with Crippen LogP contribution in [0.1, 0.15) is 23.8 Å². The highest BCUT2D eigenvalue weighted by Crippen LogP contribution is 2.21. The van der Waals surface area contributed by atoms with Crippen LogP contribution < -0.4 is 16.0 Å². The maximum atomic E-state index is 11.3. The summed E-state index contributed by atoms with van der Waals surface area (Å²) < 4.78 is 0. The number of nitriles is 1. The molecule has 138 valence electrons. The Bertz CT molecular complexity index is 770. The SMILES string of the molecule is CNC(=O)NC(C)CCN(C)Cc1ccnc(Nc2ncc(C#N)s2)c1. The van der Waals surface area contributed by atoms with Crippen LogP contribution in [0, 0.1) is 11.3 Å². The first kappa shape index (κ1) is 19.6. The molecule has 0 saturated heterocycles. The maximum Gasteiger partial charge on any atom is 0.314 e. The Kier molecular flexibility index (Phi) is 7.32. The molecule has 2 amide bonds. The van der Waals surface area contributed by atoms with E-state index in [9.17, 15) is 4.79 Å². The van der Waals surface area contributed by atoms with E-state index in [1.165, 1.54) is 11.3 Å². The molecule has 0 spiro atoms. The quantitative estimate of drug-likeness (QED) is 0.655. The summed E-state index contributed by atoms with van der Waals surface area (Å²) in [6.07, 6.45) is 4.15. The Hall–Kier alpha value is -2.70. The number of hydrogen-bond acceptors (Lipinski definition) is 7. The lowest BCUT2D eigenvalue weighted by molar-refractivity contribution is 0.236. The Morgan fingerprint density at radius 1 is 1.46 bits per heavy atom. The number of rotatable bonds is 8. The summed E-state index contributed by atoms with van der Waals surface area (Å²) in [5, 5.41) is 18.0. The van der Waals surface area contributed by atoms with Crippen molar-refractivity contribution in [3.8, 4) is 6.07 Å². The number of anilines is 2. The van der Waals surface area contributed by atoms with E-state index >= 15 is 0 Å². The molecule has 0 aliphatic rings. The van der Waals surface area contributed by atoms with Gasteiger partial charge in [-0.3, -0.25) is 0 Å². The lowest BCUT2D eigenvalue weighted by Crippen LogP contribution is -2.40. The normalized spacial score (nSPS) is 11.7. The lowest BCUT2D eigenvalue weighted by Gasteiger charge is -2.20. The predicted molar refractivity (Wildman–Crippen MR) is 102 cm³/mol. The Balaban J connectivity index is 1.85. The molecule has 0 aliphatic carbocycles. The van der Waals surface area contributed by atoms with Crippen LogP contribution in [0.4, 0.5) is 15.7 Å². The standard InChI is InChI=1S/C17H23N7OS/c1-12(22-16(25)19-2)5-7-24(3)11-13-4-6-20-15(8-13)23-17-21-10-14(9-18)26-17/h4,6,8,10,12H,5,7,11H2,1-3H3,(H2,19,22,25)(H,20,21,23). The van der Waals surface area contributed by atoms with Crippen molar-refractivity contribution < 1.29 is 4.79 Å². The largest absolute Gasteiger partial charge is 0.341 e. The lowest BCUT2D eigenvalue weighted by atomic mass is 10.2. The molecule has 26 heavy (non-hydrogen) atoms. The van der Waals surface area contributed by atoms with Gasteiger partial charge in [-0.1, -0.05) is 11.3 Å². The van der Waals surface area contributed by atoms with Crippen LogP contribution in [0.15, 0.2) is 24.5 Å². The zero-order valence-corrected chi connectivity index (χ0v) is 15.9. The summed E-state index contributed by atoms with van der Waals surface area (Å²) in [4.78, 5) is 22.5. The Morgan fingerprint density at radius 3 is 2.96 bits per heavy atom. The van der Waals surface area contributed by atoms with E-state index in [4.69, 9.17) is 5.26 Å². The van der Waals surface area contributed by atoms with E-state index in [-0.39, 0.29) is 12.1 Å². The summed E-state index contributed by atoms with van der Waals surface area (Å²) >= 11 is 1.29. The van der Waals surface area contributed by atoms with Crippen molar-refractivity contribution in [2.75, 3.05) is 26.0 Å². The van der Waals surface area contributed by atoms with Gasteiger partial charge in [-0.15, -0.1) is 0 Å². The van der Waals surface area contributed by atoms with E-state index in [1.807, 2.05) is 26.1 Å². The van der Waals surface area contributed by atoms with E-state index < -0.39 is 0 Å². The Morgan fingerprint density at radius 2 is 2.27 bits per heavy atom. The topological polar surface area (TPSA) is 106 Å². The molecule has 8 nitrogen and oxygen atoms in total. The predicted octanol–water partition coefficient (Wildman–Crippen LogP) is 2.29. The minimum absolute atomic E-state index is 0.103. The molecule has 1 unspecified atom stereocenters. The highest BCUT2D eigenvalue weighted by molar-refractivity contribution is 7.16. The van der Waals surface area contributed by atoms with E-state index in [1.54, 1.807) is 19.4 Å². The van der Waals surface area contributed by atoms with Gasteiger partial charge in [0.15, 0.2) is 5.13 Å². The number of aromatic nitrogens is 2. The van der Waals surface area contributed by atoms with Gasteiger partial charge in [0.05, 0.1) is 6.20 Å². The average Bonchev–Trinajstić information content (AvgIpc) is 3.07. The second kappa shape index (κ2) is 9.70. The van der Waals surface area contributed by atoms with E-state index in [2.05, 4.69) is 36.9 Å². The molecule has 2 rings (SSSR count). The van der Waals surface area contributed by atoms with Crippen molar-refractivity contribution in [2.24, 2.45) is 0 Å². The van der Waals surface area contributed by atoms with Gasteiger partial charge in [0, 0.05) is 32.4 Å². The highest BCUT2D eigenvalue weighted by atomic mass is 32.1. The van der Waals surface area contributed by atoms with Gasteiger partial charge < -0.3 is 20.9 Å². The van der Waals surface area contributed by atoms with E-state index in [0.29, 0.717) is 15.8 Å². The molecule has 0 saturated carbocycles. The van der Waals surface area contributed by atoms with Gasteiger partial charge in [-0.2, -0.15) is 5.26 Å². The molecule has 1 atom stereocenters. The fourth-order valence-electron chi connectivity index (χ4n) is 2.31. The van der Waals surface area contributed by atoms with Crippen LogP contribution in [0.5, 0.6) is 0 Å². The first-order valence-electron chi connectivity index (χ1n) is 8.25. The monoisotopic (exact) mass is 373 g/mol. The summed E-state index contributed by atoms with van der Waals surface area (Å²) in [5.41, 5.74) is 1.12. The number of nitrogens with one attached hydrogen (secondary N) is 3. The second-order valence-corrected chi connectivity index (χ2v) is 7.00. The van der Waals surface area contributed by atoms with Gasteiger partial charge >= 0.3 is 6.03 Å². The van der Waals surface area contributed by atoms with Gasteiger partial charge in [-0.25, -0.2) is 14.8 Å². The van der Waals surface area contributed by atoms with Gasteiger partial charge in [0.1, 0.15) is 16.8 Å².